The lowest BCUT2D eigenvalue weighted by molar-refractivity contribution is 0.101. The quantitative estimate of drug-likeness (QED) is 0.836. The van der Waals surface area contributed by atoms with Gasteiger partial charge in [-0.05, 0) is 24.5 Å². The topological polar surface area (TPSA) is 23.5 Å². The molecule has 0 saturated heterocycles. The van der Waals surface area contributed by atoms with Crippen LogP contribution in [0.5, 0.6) is 0 Å². The highest BCUT2D eigenvalue weighted by atomic mass is 16.3. The molecular weight excluding hydrogens is 258 g/mol. The van der Waals surface area contributed by atoms with Crippen molar-refractivity contribution in [1.82, 2.24) is 4.90 Å². The van der Waals surface area contributed by atoms with Gasteiger partial charge in [-0.25, -0.2) is 0 Å². The summed E-state index contributed by atoms with van der Waals surface area (Å²) in [6, 6.07) is 19.1. The highest BCUT2D eigenvalue weighted by Gasteiger charge is 2.11. The minimum absolute atomic E-state index is 0.265. The molecule has 21 heavy (non-hydrogen) atoms. The van der Waals surface area contributed by atoms with Crippen molar-refractivity contribution in [3.8, 4) is 0 Å². The molecule has 2 aromatic rings. The average Bonchev–Trinajstić information content (AvgIpc) is 2.50. The lowest BCUT2D eigenvalue weighted by Gasteiger charge is -2.25. The largest absolute Gasteiger partial charge is 0.392 e. The fourth-order valence-corrected chi connectivity index (χ4v) is 2.41. The van der Waals surface area contributed by atoms with E-state index in [0.717, 1.165) is 19.5 Å². The molecule has 0 aliphatic carbocycles. The van der Waals surface area contributed by atoms with E-state index in [2.05, 4.69) is 60.4 Å². The molecule has 0 radical (unpaired) electrons. The molecule has 1 unspecified atom stereocenters. The maximum Gasteiger partial charge on any atom is 0.0664 e. The zero-order valence-electron chi connectivity index (χ0n) is 13.0. The molecule has 0 aliphatic rings. The Morgan fingerprint density at radius 3 is 2.05 bits per heavy atom. The van der Waals surface area contributed by atoms with E-state index in [4.69, 9.17) is 0 Å². The van der Waals surface area contributed by atoms with E-state index >= 15 is 0 Å². The van der Waals surface area contributed by atoms with Gasteiger partial charge in [0.25, 0.3) is 0 Å². The van der Waals surface area contributed by atoms with Crippen LogP contribution in [0.2, 0.25) is 0 Å². The zero-order valence-corrected chi connectivity index (χ0v) is 13.0. The number of hydrogen-bond donors (Lipinski definition) is 1. The van der Waals surface area contributed by atoms with E-state index < -0.39 is 0 Å². The highest BCUT2D eigenvalue weighted by molar-refractivity contribution is 5.21. The van der Waals surface area contributed by atoms with Crippen LogP contribution >= 0.6 is 0 Å². The van der Waals surface area contributed by atoms with Gasteiger partial charge in [-0.2, -0.15) is 0 Å². The standard InChI is InChI=1S/C19H25NO/c1-3-19(21)15-20(13-17-7-5-4-6-8-17)14-18-11-9-16(2)10-12-18/h4-12,19,21H,3,13-15H2,1-2H3. The van der Waals surface area contributed by atoms with Gasteiger partial charge in [0.15, 0.2) is 0 Å². The second kappa shape index (κ2) is 7.96. The van der Waals surface area contributed by atoms with Gasteiger partial charge in [0, 0.05) is 19.6 Å². The minimum atomic E-state index is -0.265. The normalized spacial score (nSPS) is 12.6. The van der Waals surface area contributed by atoms with Gasteiger partial charge in [0.1, 0.15) is 0 Å². The van der Waals surface area contributed by atoms with E-state index in [-0.39, 0.29) is 6.10 Å². The molecule has 2 heteroatoms. The molecule has 112 valence electrons. The summed E-state index contributed by atoms with van der Waals surface area (Å²) in [5.41, 5.74) is 3.86. The molecule has 2 aromatic carbocycles. The lowest BCUT2D eigenvalue weighted by atomic mass is 10.1. The molecule has 0 saturated carbocycles. The van der Waals surface area contributed by atoms with Gasteiger partial charge >= 0.3 is 0 Å². The first-order chi connectivity index (χ1) is 10.2. The Morgan fingerprint density at radius 1 is 0.905 bits per heavy atom. The Hall–Kier alpha value is -1.64. The first-order valence-electron chi connectivity index (χ1n) is 7.67. The van der Waals surface area contributed by atoms with Gasteiger partial charge in [0.05, 0.1) is 6.10 Å². The Kier molecular flexibility index (Phi) is 5.97. The summed E-state index contributed by atoms with van der Waals surface area (Å²) in [5.74, 6) is 0. The zero-order chi connectivity index (χ0) is 15.1. The predicted molar refractivity (Wildman–Crippen MR) is 88.0 cm³/mol. The van der Waals surface area contributed by atoms with E-state index in [1.54, 1.807) is 0 Å². The Bertz CT molecular complexity index is 521. The summed E-state index contributed by atoms with van der Waals surface area (Å²) in [5, 5.41) is 9.99. The maximum atomic E-state index is 9.99. The fourth-order valence-electron chi connectivity index (χ4n) is 2.41. The Balaban J connectivity index is 2.06. The maximum absolute atomic E-state index is 9.99. The van der Waals surface area contributed by atoms with Crippen LogP contribution in [0.25, 0.3) is 0 Å². The number of aliphatic hydroxyl groups excluding tert-OH is 1. The number of benzene rings is 2. The van der Waals surface area contributed by atoms with Gasteiger partial charge in [0.2, 0.25) is 0 Å². The van der Waals surface area contributed by atoms with Crippen molar-refractivity contribution >= 4 is 0 Å². The smallest absolute Gasteiger partial charge is 0.0664 e. The van der Waals surface area contributed by atoms with Crippen LogP contribution in [0.15, 0.2) is 54.6 Å². The molecule has 0 amide bonds. The van der Waals surface area contributed by atoms with Gasteiger partial charge < -0.3 is 5.11 Å². The summed E-state index contributed by atoms with van der Waals surface area (Å²) >= 11 is 0. The average molecular weight is 283 g/mol. The summed E-state index contributed by atoms with van der Waals surface area (Å²) in [6.07, 6.45) is 0.526. The van der Waals surface area contributed by atoms with E-state index in [1.165, 1.54) is 16.7 Å². The fraction of sp³-hybridized carbons (Fsp3) is 0.368. The number of aryl methyl sites for hydroxylation is 1. The van der Waals surface area contributed by atoms with E-state index in [1.807, 2.05) is 13.0 Å². The summed E-state index contributed by atoms with van der Waals surface area (Å²) in [4.78, 5) is 2.31. The van der Waals surface area contributed by atoms with Crippen LogP contribution in [-0.4, -0.2) is 22.7 Å². The number of rotatable bonds is 7. The van der Waals surface area contributed by atoms with Crippen LogP contribution in [0.4, 0.5) is 0 Å². The second-order valence-corrected chi connectivity index (χ2v) is 5.70. The van der Waals surface area contributed by atoms with Crippen molar-refractivity contribution in [2.24, 2.45) is 0 Å². The first-order valence-corrected chi connectivity index (χ1v) is 7.67. The predicted octanol–water partition coefficient (Wildman–Crippen LogP) is 3.77. The molecule has 0 spiro atoms. The van der Waals surface area contributed by atoms with E-state index in [0.29, 0.717) is 6.54 Å². The first kappa shape index (κ1) is 15.7. The van der Waals surface area contributed by atoms with Crippen LogP contribution in [0.3, 0.4) is 0 Å². The Labute approximate surface area is 128 Å². The minimum Gasteiger partial charge on any atom is -0.392 e. The second-order valence-electron chi connectivity index (χ2n) is 5.70. The molecule has 0 aliphatic heterocycles. The van der Waals surface area contributed by atoms with Crippen LogP contribution in [0, 0.1) is 6.92 Å². The number of aliphatic hydroxyl groups is 1. The van der Waals surface area contributed by atoms with Crippen molar-refractivity contribution in [3.63, 3.8) is 0 Å². The lowest BCUT2D eigenvalue weighted by Crippen LogP contribution is -2.31. The van der Waals surface area contributed by atoms with Gasteiger partial charge in [-0.1, -0.05) is 67.1 Å². The molecule has 1 atom stereocenters. The van der Waals surface area contributed by atoms with Crippen LogP contribution in [0.1, 0.15) is 30.0 Å². The third kappa shape index (κ3) is 5.33. The summed E-state index contributed by atoms with van der Waals surface area (Å²) in [6.45, 7) is 6.57. The van der Waals surface area contributed by atoms with Crippen LogP contribution in [-0.2, 0) is 13.1 Å². The molecule has 0 fully saturated rings. The SMILES string of the molecule is CCC(O)CN(Cc1ccccc1)Cc1ccc(C)cc1. The monoisotopic (exact) mass is 283 g/mol. The van der Waals surface area contributed by atoms with Crippen LogP contribution < -0.4 is 0 Å². The Morgan fingerprint density at radius 2 is 1.48 bits per heavy atom. The van der Waals surface area contributed by atoms with Crippen molar-refractivity contribution in [2.75, 3.05) is 6.54 Å². The van der Waals surface area contributed by atoms with E-state index in [9.17, 15) is 5.11 Å². The number of nitrogens with zero attached hydrogens (tertiary/aromatic N) is 1. The molecular formula is C19H25NO. The van der Waals surface area contributed by atoms with Crippen molar-refractivity contribution in [1.29, 1.82) is 0 Å². The third-order valence-corrected chi connectivity index (χ3v) is 3.72. The molecule has 0 bridgehead atoms. The van der Waals surface area contributed by atoms with Gasteiger partial charge in [-0.3, -0.25) is 4.90 Å². The molecule has 2 rings (SSSR count). The van der Waals surface area contributed by atoms with Crippen molar-refractivity contribution in [2.45, 2.75) is 39.5 Å². The molecule has 2 nitrogen and oxygen atoms in total. The van der Waals surface area contributed by atoms with Gasteiger partial charge in [-0.15, -0.1) is 0 Å². The summed E-state index contributed by atoms with van der Waals surface area (Å²) in [7, 11) is 0. The van der Waals surface area contributed by atoms with Crippen molar-refractivity contribution < 1.29 is 5.11 Å². The summed E-state index contributed by atoms with van der Waals surface area (Å²) < 4.78 is 0. The molecule has 0 aromatic heterocycles. The third-order valence-electron chi connectivity index (χ3n) is 3.72. The number of hydrogen-bond acceptors (Lipinski definition) is 2. The highest BCUT2D eigenvalue weighted by Crippen LogP contribution is 2.12. The molecule has 1 N–H and O–H groups in total. The molecule has 0 heterocycles. The van der Waals surface area contributed by atoms with Crippen molar-refractivity contribution in [3.05, 3.63) is 71.3 Å².